The lowest BCUT2D eigenvalue weighted by molar-refractivity contribution is -0.124. The molecule has 1 fully saturated rings. The Morgan fingerprint density at radius 2 is 2.26 bits per heavy atom. The molecule has 1 saturated heterocycles. The molecule has 19 heavy (non-hydrogen) atoms. The summed E-state index contributed by atoms with van der Waals surface area (Å²) in [5, 5.41) is 7.13. The molecule has 1 aliphatic heterocycles. The predicted octanol–water partition coefficient (Wildman–Crippen LogP) is 0.201. The van der Waals surface area contributed by atoms with Crippen LogP contribution in [-0.2, 0) is 9.53 Å². The van der Waals surface area contributed by atoms with Crippen LogP contribution >= 0.6 is 0 Å². The van der Waals surface area contributed by atoms with Gasteiger partial charge in [-0.05, 0) is 19.9 Å². The first-order valence-corrected chi connectivity index (χ1v) is 6.76. The van der Waals surface area contributed by atoms with E-state index in [2.05, 4.69) is 15.3 Å². The SMILES string of the molecule is Cc1ccnn1C(C)C(=O)NCCN1CCOCC1. The molecule has 0 aliphatic carbocycles. The molecule has 2 heterocycles. The molecular weight excluding hydrogens is 244 g/mol. The molecule has 2 rings (SSSR count). The van der Waals surface area contributed by atoms with Crippen molar-refractivity contribution >= 4 is 5.91 Å². The average Bonchev–Trinajstić information content (AvgIpc) is 2.85. The van der Waals surface area contributed by atoms with E-state index in [0.29, 0.717) is 6.54 Å². The summed E-state index contributed by atoms with van der Waals surface area (Å²) in [6.07, 6.45) is 1.72. The Labute approximate surface area is 113 Å². The number of nitrogens with zero attached hydrogens (tertiary/aromatic N) is 3. The number of hydrogen-bond acceptors (Lipinski definition) is 4. The Hall–Kier alpha value is -1.40. The van der Waals surface area contributed by atoms with Crippen LogP contribution in [0.1, 0.15) is 18.7 Å². The highest BCUT2D eigenvalue weighted by Crippen LogP contribution is 2.07. The summed E-state index contributed by atoms with van der Waals surface area (Å²) in [5.41, 5.74) is 0.996. The summed E-state index contributed by atoms with van der Waals surface area (Å²) in [7, 11) is 0. The largest absolute Gasteiger partial charge is 0.379 e. The lowest BCUT2D eigenvalue weighted by Crippen LogP contribution is -2.42. The van der Waals surface area contributed by atoms with E-state index in [4.69, 9.17) is 4.74 Å². The van der Waals surface area contributed by atoms with Gasteiger partial charge in [-0.1, -0.05) is 0 Å². The number of amides is 1. The summed E-state index contributed by atoms with van der Waals surface area (Å²) < 4.78 is 7.03. The fourth-order valence-electron chi connectivity index (χ4n) is 2.21. The molecule has 0 bridgehead atoms. The van der Waals surface area contributed by atoms with Crippen LogP contribution in [0.3, 0.4) is 0 Å². The molecular formula is C13H22N4O2. The smallest absolute Gasteiger partial charge is 0.244 e. The number of nitrogens with one attached hydrogen (secondary N) is 1. The van der Waals surface area contributed by atoms with Crippen molar-refractivity contribution in [3.63, 3.8) is 0 Å². The minimum Gasteiger partial charge on any atom is -0.379 e. The van der Waals surface area contributed by atoms with Crippen LogP contribution in [0.15, 0.2) is 12.3 Å². The van der Waals surface area contributed by atoms with E-state index in [-0.39, 0.29) is 11.9 Å². The van der Waals surface area contributed by atoms with E-state index >= 15 is 0 Å². The molecule has 1 unspecified atom stereocenters. The molecule has 0 radical (unpaired) electrons. The van der Waals surface area contributed by atoms with Crippen LogP contribution in [0.5, 0.6) is 0 Å². The van der Waals surface area contributed by atoms with Gasteiger partial charge in [0.25, 0.3) is 0 Å². The molecule has 0 saturated carbocycles. The van der Waals surface area contributed by atoms with Gasteiger partial charge in [0, 0.05) is 38.1 Å². The fourth-order valence-corrected chi connectivity index (χ4v) is 2.21. The first-order chi connectivity index (χ1) is 9.18. The number of hydrogen-bond donors (Lipinski definition) is 1. The minimum absolute atomic E-state index is 0.0139. The van der Waals surface area contributed by atoms with Gasteiger partial charge >= 0.3 is 0 Å². The Morgan fingerprint density at radius 3 is 2.89 bits per heavy atom. The first-order valence-electron chi connectivity index (χ1n) is 6.76. The monoisotopic (exact) mass is 266 g/mol. The van der Waals surface area contributed by atoms with E-state index < -0.39 is 0 Å². The van der Waals surface area contributed by atoms with Crippen LogP contribution in [0.25, 0.3) is 0 Å². The third-order valence-electron chi connectivity index (χ3n) is 3.45. The van der Waals surface area contributed by atoms with Gasteiger partial charge in [0.1, 0.15) is 6.04 Å². The number of aryl methyl sites for hydroxylation is 1. The van der Waals surface area contributed by atoms with Gasteiger partial charge in [0.15, 0.2) is 0 Å². The minimum atomic E-state index is -0.264. The Bertz CT molecular complexity index is 413. The summed E-state index contributed by atoms with van der Waals surface area (Å²) in [6, 6.07) is 1.64. The van der Waals surface area contributed by atoms with Gasteiger partial charge in [-0.25, -0.2) is 0 Å². The lowest BCUT2D eigenvalue weighted by Gasteiger charge is -2.26. The van der Waals surface area contributed by atoms with E-state index in [1.54, 1.807) is 10.9 Å². The molecule has 1 aromatic heterocycles. The van der Waals surface area contributed by atoms with Crippen LogP contribution in [0, 0.1) is 6.92 Å². The maximum Gasteiger partial charge on any atom is 0.244 e. The van der Waals surface area contributed by atoms with Gasteiger partial charge in [0.2, 0.25) is 5.91 Å². The average molecular weight is 266 g/mol. The topological polar surface area (TPSA) is 59.4 Å². The fraction of sp³-hybridized carbons (Fsp3) is 0.692. The number of morpholine rings is 1. The van der Waals surface area contributed by atoms with Crippen LogP contribution in [-0.4, -0.2) is 60.0 Å². The molecule has 1 N–H and O–H groups in total. The molecule has 1 atom stereocenters. The maximum atomic E-state index is 12.0. The Balaban J connectivity index is 1.73. The van der Waals surface area contributed by atoms with Crippen molar-refractivity contribution in [2.75, 3.05) is 39.4 Å². The predicted molar refractivity (Wildman–Crippen MR) is 71.9 cm³/mol. The second kappa shape index (κ2) is 6.68. The van der Waals surface area contributed by atoms with Gasteiger partial charge in [-0.3, -0.25) is 14.4 Å². The van der Waals surface area contributed by atoms with Crippen LogP contribution < -0.4 is 5.32 Å². The van der Waals surface area contributed by atoms with Crippen molar-refractivity contribution in [2.24, 2.45) is 0 Å². The zero-order valence-corrected chi connectivity index (χ0v) is 11.6. The highest BCUT2D eigenvalue weighted by atomic mass is 16.5. The molecule has 1 amide bonds. The summed E-state index contributed by atoms with van der Waals surface area (Å²) in [6.45, 7) is 8.83. The van der Waals surface area contributed by atoms with E-state index in [1.807, 2.05) is 19.9 Å². The molecule has 6 nitrogen and oxygen atoms in total. The molecule has 106 valence electrons. The van der Waals surface area contributed by atoms with Crippen molar-refractivity contribution in [2.45, 2.75) is 19.9 Å². The lowest BCUT2D eigenvalue weighted by atomic mass is 10.3. The first kappa shape index (κ1) is 14.0. The summed E-state index contributed by atoms with van der Waals surface area (Å²) in [4.78, 5) is 14.3. The molecule has 1 aromatic rings. The zero-order chi connectivity index (χ0) is 13.7. The second-order valence-corrected chi connectivity index (χ2v) is 4.84. The Morgan fingerprint density at radius 1 is 1.53 bits per heavy atom. The third-order valence-corrected chi connectivity index (χ3v) is 3.45. The van der Waals surface area contributed by atoms with E-state index in [0.717, 1.165) is 38.5 Å². The van der Waals surface area contributed by atoms with Gasteiger partial charge in [-0.2, -0.15) is 5.10 Å². The molecule has 6 heteroatoms. The van der Waals surface area contributed by atoms with Gasteiger partial charge in [-0.15, -0.1) is 0 Å². The van der Waals surface area contributed by atoms with E-state index in [1.165, 1.54) is 0 Å². The standard InChI is InChI=1S/C13H22N4O2/c1-11-3-4-15-17(11)12(2)13(18)14-5-6-16-7-9-19-10-8-16/h3-4,12H,5-10H2,1-2H3,(H,14,18). The van der Waals surface area contributed by atoms with Crippen LogP contribution in [0.2, 0.25) is 0 Å². The third kappa shape index (κ3) is 3.78. The quantitative estimate of drug-likeness (QED) is 0.827. The van der Waals surface area contributed by atoms with Crippen molar-refractivity contribution in [1.29, 1.82) is 0 Å². The molecule has 0 spiro atoms. The van der Waals surface area contributed by atoms with Crippen molar-refractivity contribution in [3.8, 4) is 0 Å². The summed E-state index contributed by atoms with van der Waals surface area (Å²) >= 11 is 0. The number of ether oxygens (including phenoxy) is 1. The number of carbonyl (C=O) groups excluding carboxylic acids is 1. The van der Waals surface area contributed by atoms with Crippen molar-refractivity contribution < 1.29 is 9.53 Å². The molecule has 0 aromatic carbocycles. The highest BCUT2D eigenvalue weighted by Gasteiger charge is 2.17. The number of aromatic nitrogens is 2. The Kier molecular flexibility index (Phi) is 4.93. The second-order valence-electron chi connectivity index (χ2n) is 4.84. The van der Waals surface area contributed by atoms with E-state index in [9.17, 15) is 4.79 Å². The maximum absolute atomic E-state index is 12.0. The van der Waals surface area contributed by atoms with Crippen LogP contribution in [0.4, 0.5) is 0 Å². The van der Waals surface area contributed by atoms with Gasteiger partial charge < -0.3 is 10.1 Å². The zero-order valence-electron chi connectivity index (χ0n) is 11.6. The normalized spacial score (nSPS) is 18.2. The van der Waals surface area contributed by atoms with Crippen molar-refractivity contribution in [1.82, 2.24) is 20.0 Å². The molecule has 1 aliphatic rings. The number of rotatable bonds is 5. The highest BCUT2D eigenvalue weighted by molar-refractivity contribution is 5.79. The number of carbonyl (C=O) groups is 1. The van der Waals surface area contributed by atoms with Crippen molar-refractivity contribution in [3.05, 3.63) is 18.0 Å². The summed E-state index contributed by atoms with van der Waals surface area (Å²) in [5.74, 6) is 0.0139. The van der Waals surface area contributed by atoms with Gasteiger partial charge in [0.05, 0.1) is 13.2 Å².